The van der Waals surface area contributed by atoms with Crippen LogP contribution in [0.1, 0.15) is 22.8 Å². The first kappa shape index (κ1) is 17.2. The Balaban J connectivity index is 1.93. The molecule has 2 aromatic carbocycles. The summed E-state index contributed by atoms with van der Waals surface area (Å²) in [6.45, 7) is 2.19. The molecule has 1 N–H and O–H groups in total. The molecule has 2 aromatic rings. The molecule has 5 heteroatoms. The predicted octanol–water partition coefficient (Wildman–Crippen LogP) is 3.23. The second kappa shape index (κ2) is 7.92. The summed E-state index contributed by atoms with van der Waals surface area (Å²) in [6.07, 6.45) is 0. The maximum atomic E-state index is 12.4. The van der Waals surface area contributed by atoms with Crippen molar-refractivity contribution in [1.82, 2.24) is 10.2 Å². The van der Waals surface area contributed by atoms with E-state index in [4.69, 9.17) is 0 Å². The molecule has 4 nitrogen and oxygen atoms in total. The first-order valence-corrected chi connectivity index (χ1v) is 8.12. The number of rotatable bonds is 5. The Morgan fingerprint density at radius 2 is 1.70 bits per heavy atom. The van der Waals surface area contributed by atoms with Crippen molar-refractivity contribution >= 4 is 27.7 Å². The second-order valence-electron chi connectivity index (χ2n) is 5.38. The van der Waals surface area contributed by atoms with Crippen molar-refractivity contribution in [2.75, 3.05) is 7.05 Å². The van der Waals surface area contributed by atoms with E-state index in [1.807, 2.05) is 30.3 Å². The van der Waals surface area contributed by atoms with Gasteiger partial charge in [-0.25, -0.2) is 0 Å². The highest BCUT2D eigenvalue weighted by Crippen LogP contribution is 2.12. The van der Waals surface area contributed by atoms with Crippen LogP contribution in [0.4, 0.5) is 0 Å². The summed E-state index contributed by atoms with van der Waals surface area (Å²) in [5, 5.41) is 2.73. The average Bonchev–Trinajstić information content (AvgIpc) is 2.56. The van der Waals surface area contributed by atoms with Gasteiger partial charge < -0.3 is 10.2 Å². The van der Waals surface area contributed by atoms with Crippen molar-refractivity contribution < 1.29 is 9.59 Å². The zero-order valence-corrected chi connectivity index (χ0v) is 14.7. The number of nitrogens with one attached hydrogen (secondary N) is 1. The molecule has 120 valence electrons. The van der Waals surface area contributed by atoms with E-state index < -0.39 is 6.04 Å². The van der Waals surface area contributed by atoms with Crippen molar-refractivity contribution in [2.45, 2.75) is 19.5 Å². The van der Waals surface area contributed by atoms with Gasteiger partial charge in [-0.05, 0) is 36.8 Å². The molecule has 0 radical (unpaired) electrons. The van der Waals surface area contributed by atoms with Crippen LogP contribution in [-0.4, -0.2) is 29.8 Å². The van der Waals surface area contributed by atoms with E-state index in [-0.39, 0.29) is 11.8 Å². The lowest BCUT2D eigenvalue weighted by Gasteiger charge is -2.22. The van der Waals surface area contributed by atoms with Gasteiger partial charge in [0, 0.05) is 23.6 Å². The van der Waals surface area contributed by atoms with Crippen LogP contribution in [0.15, 0.2) is 59.1 Å². The van der Waals surface area contributed by atoms with E-state index in [1.54, 1.807) is 43.1 Å². The summed E-state index contributed by atoms with van der Waals surface area (Å²) in [4.78, 5) is 26.1. The lowest BCUT2D eigenvalue weighted by Crippen LogP contribution is -2.45. The summed E-state index contributed by atoms with van der Waals surface area (Å²) in [6, 6.07) is 16.1. The molecular weight excluding hydrogens is 356 g/mol. The summed E-state index contributed by atoms with van der Waals surface area (Å²) in [7, 11) is 1.73. The summed E-state index contributed by atoms with van der Waals surface area (Å²) in [5.41, 5.74) is 1.58. The molecule has 0 saturated carbocycles. The number of nitrogens with zero attached hydrogens (tertiary/aromatic N) is 1. The molecule has 2 rings (SSSR count). The number of carbonyl (C=O) groups excluding carboxylic acids is 2. The highest BCUT2D eigenvalue weighted by Gasteiger charge is 2.20. The molecule has 0 saturated heterocycles. The normalized spacial score (nSPS) is 11.6. The zero-order valence-electron chi connectivity index (χ0n) is 13.1. The van der Waals surface area contributed by atoms with Crippen LogP contribution in [-0.2, 0) is 11.3 Å². The van der Waals surface area contributed by atoms with E-state index >= 15 is 0 Å². The Hall–Kier alpha value is -2.14. The number of halogens is 1. The Bertz CT molecular complexity index is 671. The Labute approximate surface area is 144 Å². The van der Waals surface area contributed by atoms with E-state index in [1.165, 1.54) is 0 Å². The number of hydrogen-bond acceptors (Lipinski definition) is 2. The molecule has 1 atom stereocenters. The molecule has 2 amide bonds. The van der Waals surface area contributed by atoms with Crippen molar-refractivity contribution in [1.29, 1.82) is 0 Å². The number of likely N-dealkylation sites (N-methyl/N-ethyl adjacent to an activating group) is 1. The van der Waals surface area contributed by atoms with Crippen molar-refractivity contribution in [2.24, 2.45) is 0 Å². The zero-order chi connectivity index (χ0) is 16.8. The van der Waals surface area contributed by atoms with Crippen LogP contribution >= 0.6 is 15.9 Å². The van der Waals surface area contributed by atoms with Crippen molar-refractivity contribution in [3.63, 3.8) is 0 Å². The van der Waals surface area contributed by atoms with Crippen LogP contribution in [0.5, 0.6) is 0 Å². The lowest BCUT2D eigenvalue weighted by molar-refractivity contribution is -0.132. The lowest BCUT2D eigenvalue weighted by atomic mass is 10.2. The van der Waals surface area contributed by atoms with Gasteiger partial charge >= 0.3 is 0 Å². The van der Waals surface area contributed by atoms with E-state index in [0.717, 1.165) is 10.0 Å². The molecule has 0 heterocycles. The second-order valence-corrected chi connectivity index (χ2v) is 6.30. The fourth-order valence-corrected chi connectivity index (χ4v) is 2.47. The summed E-state index contributed by atoms with van der Waals surface area (Å²) < 4.78 is 0.999. The first-order chi connectivity index (χ1) is 11.0. The SMILES string of the molecule is CC(NC(=O)c1ccccc1)C(=O)N(C)Cc1ccc(Br)cc1. The maximum absolute atomic E-state index is 12.4. The minimum Gasteiger partial charge on any atom is -0.341 e. The van der Waals surface area contributed by atoms with E-state index in [0.29, 0.717) is 12.1 Å². The van der Waals surface area contributed by atoms with Gasteiger partial charge in [0.05, 0.1) is 0 Å². The van der Waals surface area contributed by atoms with Crippen molar-refractivity contribution in [3.8, 4) is 0 Å². The van der Waals surface area contributed by atoms with Gasteiger partial charge in [0.2, 0.25) is 5.91 Å². The van der Waals surface area contributed by atoms with Gasteiger partial charge in [0.1, 0.15) is 6.04 Å². The maximum Gasteiger partial charge on any atom is 0.251 e. The number of hydrogen-bond donors (Lipinski definition) is 1. The van der Waals surface area contributed by atoms with E-state index in [9.17, 15) is 9.59 Å². The standard InChI is InChI=1S/C18H19BrN2O2/c1-13(20-17(22)15-6-4-3-5-7-15)18(23)21(2)12-14-8-10-16(19)11-9-14/h3-11,13H,12H2,1-2H3,(H,20,22). The Morgan fingerprint density at radius 3 is 2.30 bits per heavy atom. The molecule has 0 aliphatic carbocycles. The fraction of sp³-hybridized carbons (Fsp3) is 0.222. The first-order valence-electron chi connectivity index (χ1n) is 7.32. The quantitative estimate of drug-likeness (QED) is 0.873. The van der Waals surface area contributed by atoms with Crippen molar-refractivity contribution in [3.05, 3.63) is 70.2 Å². The van der Waals surface area contributed by atoms with Gasteiger partial charge in [0.25, 0.3) is 5.91 Å². The molecule has 0 aliphatic heterocycles. The molecule has 0 spiro atoms. The molecule has 0 fully saturated rings. The average molecular weight is 375 g/mol. The van der Waals surface area contributed by atoms with E-state index in [2.05, 4.69) is 21.2 Å². The third-order valence-corrected chi connectivity index (χ3v) is 3.99. The minimum absolute atomic E-state index is 0.128. The Morgan fingerprint density at radius 1 is 1.09 bits per heavy atom. The van der Waals surface area contributed by atoms with Crippen LogP contribution in [0.3, 0.4) is 0 Å². The summed E-state index contributed by atoms with van der Waals surface area (Å²) in [5.74, 6) is -0.374. The van der Waals surface area contributed by atoms with Crippen LogP contribution in [0.25, 0.3) is 0 Å². The third-order valence-electron chi connectivity index (χ3n) is 3.46. The number of benzene rings is 2. The van der Waals surface area contributed by atoms with Gasteiger partial charge in [-0.3, -0.25) is 9.59 Å². The van der Waals surface area contributed by atoms with Gasteiger partial charge in [-0.1, -0.05) is 46.3 Å². The topological polar surface area (TPSA) is 49.4 Å². The third kappa shape index (κ3) is 4.93. The van der Waals surface area contributed by atoms with Crippen LogP contribution < -0.4 is 5.32 Å². The minimum atomic E-state index is -0.580. The monoisotopic (exact) mass is 374 g/mol. The van der Waals surface area contributed by atoms with Crippen LogP contribution in [0.2, 0.25) is 0 Å². The molecule has 23 heavy (non-hydrogen) atoms. The molecule has 0 aromatic heterocycles. The van der Waals surface area contributed by atoms with Gasteiger partial charge in [-0.2, -0.15) is 0 Å². The van der Waals surface area contributed by atoms with Gasteiger partial charge in [-0.15, -0.1) is 0 Å². The highest BCUT2D eigenvalue weighted by atomic mass is 79.9. The predicted molar refractivity (Wildman–Crippen MR) is 94.0 cm³/mol. The molecule has 1 unspecified atom stereocenters. The fourth-order valence-electron chi connectivity index (χ4n) is 2.20. The number of carbonyl (C=O) groups is 2. The summed E-state index contributed by atoms with van der Waals surface area (Å²) >= 11 is 3.39. The highest BCUT2D eigenvalue weighted by molar-refractivity contribution is 9.10. The molecule has 0 aliphatic rings. The van der Waals surface area contributed by atoms with Gasteiger partial charge in [0.15, 0.2) is 0 Å². The number of amides is 2. The van der Waals surface area contributed by atoms with Crippen LogP contribution in [0, 0.1) is 0 Å². The largest absolute Gasteiger partial charge is 0.341 e. The molecule has 0 bridgehead atoms. The smallest absolute Gasteiger partial charge is 0.251 e. The molecular formula is C18H19BrN2O2. The Kier molecular flexibility index (Phi) is 5.93.